The number of carbonyl (C=O) groups excluding carboxylic acids is 1. The normalized spacial score (nSPS) is 20.3. The molecule has 3 aromatic rings. The Kier molecular flexibility index (Phi) is 7.25. The van der Waals surface area contributed by atoms with E-state index in [1.165, 1.54) is 0 Å². The number of rotatable bonds is 4. The van der Waals surface area contributed by atoms with E-state index in [0.29, 0.717) is 40.3 Å². The third kappa shape index (κ3) is 5.06. The quantitative estimate of drug-likeness (QED) is 0.249. The van der Waals surface area contributed by atoms with Crippen molar-refractivity contribution >= 4 is 46.4 Å². The number of ketones is 1. The van der Waals surface area contributed by atoms with Gasteiger partial charge in [0.25, 0.3) is 0 Å². The van der Waals surface area contributed by atoms with Crippen LogP contribution in [0.15, 0.2) is 88.5 Å². The maximum Gasteiger partial charge on any atom is 0.162 e. The molecule has 39 heavy (non-hydrogen) atoms. The Morgan fingerprint density at radius 3 is 2.31 bits per heavy atom. The molecule has 1 aliphatic heterocycles. The molecular weight excluding hydrogens is 524 g/mol. The summed E-state index contributed by atoms with van der Waals surface area (Å²) in [7, 11) is 0. The molecule has 1 aliphatic carbocycles. The number of aliphatic hydroxyl groups is 1. The van der Waals surface area contributed by atoms with Crippen LogP contribution in [0, 0.1) is 24.7 Å². The number of nitrogens with one attached hydrogen (secondary N) is 1. The zero-order valence-corrected chi connectivity index (χ0v) is 24.5. The van der Waals surface area contributed by atoms with E-state index in [1.807, 2.05) is 91.7 Å². The number of aliphatic hydroxyl groups excluding tert-OH is 1. The number of halogens is 1. The van der Waals surface area contributed by atoms with Gasteiger partial charge in [-0.15, -0.1) is 11.8 Å². The number of Topliss-reactive ketones (excluding diaryl/α,β-unsaturated/α-hetero) is 1. The molecule has 3 aromatic carbocycles. The molecule has 200 valence electrons. The van der Waals surface area contributed by atoms with Gasteiger partial charge in [-0.1, -0.05) is 73.5 Å². The van der Waals surface area contributed by atoms with Gasteiger partial charge < -0.3 is 5.11 Å². The zero-order valence-electron chi connectivity index (χ0n) is 22.9. The van der Waals surface area contributed by atoms with Crippen molar-refractivity contribution in [2.45, 2.75) is 51.3 Å². The highest BCUT2D eigenvalue weighted by molar-refractivity contribution is 7.98. The summed E-state index contributed by atoms with van der Waals surface area (Å²) in [5.41, 5.74) is 5.81. The van der Waals surface area contributed by atoms with Gasteiger partial charge in [0.1, 0.15) is 11.6 Å². The summed E-state index contributed by atoms with van der Waals surface area (Å²) in [5, 5.41) is 22.0. The largest absolute Gasteiger partial charge is 0.507 e. The van der Waals surface area contributed by atoms with Gasteiger partial charge in [-0.05, 0) is 67.3 Å². The fraction of sp³-hybridized carbons (Fsp3) is 0.273. The van der Waals surface area contributed by atoms with Crippen molar-refractivity contribution in [1.82, 2.24) is 0 Å². The van der Waals surface area contributed by atoms with Crippen LogP contribution >= 0.6 is 23.4 Å². The molecule has 0 fully saturated rings. The molecule has 4 nitrogen and oxygen atoms in total. The van der Waals surface area contributed by atoms with E-state index in [9.17, 15) is 15.3 Å². The Balaban J connectivity index is 1.84. The molecule has 5 rings (SSSR count). The molecule has 2 N–H and O–H groups in total. The highest BCUT2D eigenvalue weighted by Crippen LogP contribution is 2.51. The third-order valence-electron chi connectivity index (χ3n) is 7.67. The van der Waals surface area contributed by atoms with Crippen LogP contribution in [0.25, 0.3) is 5.76 Å². The first kappa shape index (κ1) is 27.3. The molecule has 0 aromatic heterocycles. The Morgan fingerprint density at radius 2 is 1.69 bits per heavy atom. The number of anilines is 1. The van der Waals surface area contributed by atoms with Crippen LogP contribution in [0.1, 0.15) is 54.9 Å². The van der Waals surface area contributed by atoms with Gasteiger partial charge in [0.15, 0.2) is 5.78 Å². The lowest BCUT2D eigenvalue weighted by molar-refractivity contribution is -0.118. The minimum Gasteiger partial charge on any atom is -0.507 e. The summed E-state index contributed by atoms with van der Waals surface area (Å²) < 4.78 is 0. The average Bonchev–Trinajstić information content (AvgIpc) is 2.89. The van der Waals surface area contributed by atoms with E-state index in [-0.39, 0.29) is 22.8 Å². The molecular formula is C33H33ClN2O2S. The number of hydrogen-bond acceptors (Lipinski definition) is 4. The fourth-order valence-corrected chi connectivity index (χ4v) is 6.20. The molecule has 0 amide bonds. The number of hydrogen-bond donors (Lipinski definition) is 2. The Bertz CT molecular complexity index is 1530. The molecule has 0 radical (unpaired) electrons. The number of amidine groups is 1. The van der Waals surface area contributed by atoms with E-state index in [4.69, 9.17) is 11.6 Å². The van der Waals surface area contributed by atoms with Crippen LogP contribution in [0.2, 0.25) is 5.02 Å². The highest BCUT2D eigenvalue weighted by Gasteiger charge is 2.46. The van der Waals surface area contributed by atoms with Crippen LogP contribution in [-0.4, -0.2) is 23.0 Å². The standard InChI is InChI=1S/C33H33ClN2O2S/c1-19-6-9-22(10-7-19)31(38)30-28(21-11-14-24(39-5)15-12-21)29-26(17-33(3,4)18-27(29)37)36(32(30)35)23-13-8-20(2)25(34)16-23/h6-16,28,35,38H,17-18H2,1-5H3/b31-30+,35-32?. The third-order valence-corrected chi connectivity index (χ3v) is 8.82. The minimum absolute atomic E-state index is 0.00587. The lowest BCUT2D eigenvalue weighted by atomic mass is 9.67. The first-order chi connectivity index (χ1) is 18.5. The summed E-state index contributed by atoms with van der Waals surface area (Å²) in [4.78, 5) is 17.0. The van der Waals surface area contributed by atoms with Gasteiger partial charge in [0.2, 0.25) is 0 Å². The van der Waals surface area contributed by atoms with E-state index in [0.717, 1.165) is 27.3 Å². The van der Waals surface area contributed by atoms with Gasteiger partial charge in [-0.2, -0.15) is 0 Å². The number of allylic oxidation sites excluding steroid dienone is 2. The summed E-state index contributed by atoms with van der Waals surface area (Å²) in [6, 6.07) is 21.4. The monoisotopic (exact) mass is 556 g/mol. The average molecular weight is 557 g/mol. The molecule has 0 saturated carbocycles. The van der Waals surface area contributed by atoms with Crippen molar-refractivity contribution in [3.63, 3.8) is 0 Å². The van der Waals surface area contributed by atoms with Crippen LogP contribution in [0.3, 0.4) is 0 Å². The molecule has 0 saturated heterocycles. The van der Waals surface area contributed by atoms with E-state index in [2.05, 4.69) is 13.8 Å². The molecule has 0 spiro atoms. The van der Waals surface area contributed by atoms with Crippen molar-refractivity contribution in [2.75, 3.05) is 11.2 Å². The van der Waals surface area contributed by atoms with Crippen LogP contribution < -0.4 is 4.90 Å². The number of thioether (sulfide) groups is 1. The second-order valence-corrected chi connectivity index (χ2v) is 12.5. The molecule has 1 heterocycles. The van der Waals surface area contributed by atoms with Crippen molar-refractivity contribution < 1.29 is 9.90 Å². The smallest absolute Gasteiger partial charge is 0.162 e. The predicted molar refractivity (Wildman–Crippen MR) is 163 cm³/mol. The summed E-state index contributed by atoms with van der Waals surface area (Å²) >= 11 is 8.21. The van der Waals surface area contributed by atoms with Gasteiger partial charge in [0.05, 0.1) is 0 Å². The van der Waals surface area contributed by atoms with E-state index >= 15 is 0 Å². The second kappa shape index (κ2) is 10.4. The maximum atomic E-state index is 14.0. The van der Waals surface area contributed by atoms with Crippen LogP contribution in [0.5, 0.6) is 0 Å². The first-order valence-electron chi connectivity index (χ1n) is 13.1. The number of nitrogens with zero attached hydrogens (tertiary/aromatic N) is 1. The Morgan fingerprint density at radius 1 is 1.03 bits per heavy atom. The molecule has 6 heteroatoms. The topological polar surface area (TPSA) is 64.4 Å². The van der Waals surface area contributed by atoms with Gasteiger partial charge in [-0.3, -0.25) is 15.1 Å². The lowest BCUT2D eigenvalue weighted by Gasteiger charge is -2.45. The highest BCUT2D eigenvalue weighted by atomic mass is 35.5. The predicted octanol–water partition coefficient (Wildman–Crippen LogP) is 8.87. The van der Waals surface area contributed by atoms with E-state index in [1.54, 1.807) is 11.8 Å². The van der Waals surface area contributed by atoms with Crippen molar-refractivity contribution in [3.05, 3.63) is 111 Å². The molecule has 2 aliphatic rings. The maximum absolute atomic E-state index is 14.0. The molecule has 0 bridgehead atoms. The van der Waals surface area contributed by atoms with Crippen LogP contribution in [-0.2, 0) is 4.79 Å². The van der Waals surface area contributed by atoms with Crippen molar-refractivity contribution in [1.29, 1.82) is 5.41 Å². The Labute approximate surface area is 239 Å². The van der Waals surface area contributed by atoms with Gasteiger partial charge >= 0.3 is 0 Å². The van der Waals surface area contributed by atoms with Crippen molar-refractivity contribution in [3.8, 4) is 0 Å². The summed E-state index contributed by atoms with van der Waals surface area (Å²) in [6.45, 7) is 8.12. The number of benzene rings is 3. The van der Waals surface area contributed by atoms with Crippen LogP contribution in [0.4, 0.5) is 5.69 Å². The minimum atomic E-state index is -0.564. The van der Waals surface area contributed by atoms with Gasteiger partial charge in [0, 0.05) is 50.4 Å². The van der Waals surface area contributed by atoms with Gasteiger partial charge in [-0.25, -0.2) is 0 Å². The second-order valence-electron chi connectivity index (χ2n) is 11.3. The SMILES string of the molecule is CSc1ccc(C2C3=C(CC(C)(C)CC3=O)N(c3ccc(C)c(Cl)c3)C(=N)/C2=C(/O)c2ccc(C)cc2)cc1. The summed E-state index contributed by atoms with van der Waals surface area (Å²) in [5.74, 6) is -0.363. The fourth-order valence-electron chi connectivity index (χ4n) is 5.62. The lowest BCUT2D eigenvalue weighted by Crippen LogP contribution is -2.45. The number of aryl methyl sites for hydroxylation is 2. The molecule has 1 unspecified atom stereocenters. The summed E-state index contributed by atoms with van der Waals surface area (Å²) in [6.07, 6.45) is 3.05. The zero-order chi connectivity index (χ0) is 28.1. The number of carbonyl (C=O) groups is 1. The molecule has 1 atom stereocenters. The first-order valence-corrected chi connectivity index (χ1v) is 14.7. The van der Waals surface area contributed by atoms with Crippen molar-refractivity contribution in [2.24, 2.45) is 5.41 Å². The van der Waals surface area contributed by atoms with E-state index < -0.39 is 5.92 Å². The Hall–Kier alpha value is -3.28.